The Hall–Kier alpha value is 0.510. The summed E-state index contributed by atoms with van der Waals surface area (Å²) in [6, 6.07) is 0. The first-order valence-corrected chi connectivity index (χ1v) is 7.65. The molecule has 0 saturated carbocycles. The van der Waals surface area contributed by atoms with Crippen LogP contribution in [0.15, 0.2) is 0 Å². The summed E-state index contributed by atoms with van der Waals surface area (Å²) in [5.74, 6) is 0.876. The van der Waals surface area contributed by atoms with Crippen molar-refractivity contribution in [2.75, 3.05) is 52.8 Å². The van der Waals surface area contributed by atoms with Crippen LogP contribution in [0.4, 0.5) is 0 Å². The minimum absolute atomic E-state index is 0. The molecular weight excluding hydrogens is 256 g/mol. The highest BCUT2D eigenvalue weighted by atomic mass is 35.5. The second-order valence-corrected chi connectivity index (χ2v) is 8.09. The lowest BCUT2D eigenvalue weighted by molar-refractivity contribution is 0.433. The smallest absolute Gasteiger partial charge is 0.202 e. The molecule has 0 aromatic rings. The molecule has 94 valence electrons. The van der Waals surface area contributed by atoms with Crippen molar-refractivity contribution in [2.24, 2.45) is 0 Å². The average Bonchev–Trinajstić information content (AvgIpc) is 2.00. The molecule has 0 aromatic carbocycles. The van der Waals surface area contributed by atoms with Gasteiger partial charge in [0.1, 0.15) is 0 Å². The molecule has 0 aliphatic heterocycles. The molecule has 0 aliphatic carbocycles. The van der Waals surface area contributed by atoms with Crippen molar-refractivity contribution >= 4 is 32.1 Å². The molecule has 0 N–H and O–H groups in total. The molecule has 0 aliphatic rings. The fraction of sp³-hybridized carbons (Fsp3) is 1.00. The molecular formula is C8H21ClN2O2S2. The Labute approximate surface area is 103 Å². The van der Waals surface area contributed by atoms with E-state index in [1.165, 1.54) is 0 Å². The van der Waals surface area contributed by atoms with Gasteiger partial charge in [0.05, 0.1) is 5.75 Å². The fourth-order valence-electron chi connectivity index (χ4n) is 0.700. The highest BCUT2D eigenvalue weighted by Crippen LogP contribution is 2.12. The maximum Gasteiger partial charge on any atom is 0.202 e. The van der Waals surface area contributed by atoms with Crippen LogP contribution in [-0.2, 0) is 8.87 Å². The van der Waals surface area contributed by atoms with E-state index in [1.807, 2.05) is 38.0 Å². The van der Waals surface area contributed by atoms with Gasteiger partial charge in [0.2, 0.25) is 8.87 Å². The summed E-state index contributed by atoms with van der Waals surface area (Å²) in [6.07, 6.45) is 0. The van der Waals surface area contributed by atoms with Gasteiger partial charge in [0.15, 0.2) is 0 Å². The molecule has 0 rings (SSSR count). The lowest BCUT2D eigenvalue weighted by Crippen LogP contribution is -2.21. The first-order valence-electron chi connectivity index (χ1n) is 4.50. The van der Waals surface area contributed by atoms with Crippen molar-refractivity contribution in [1.82, 2.24) is 9.80 Å². The van der Waals surface area contributed by atoms with Gasteiger partial charge in [-0.25, -0.2) is 8.42 Å². The number of halogens is 1. The molecule has 0 heterocycles. The van der Waals surface area contributed by atoms with Gasteiger partial charge >= 0.3 is 0 Å². The van der Waals surface area contributed by atoms with E-state index in [4.69, 9.17) is 0 Å². The third kappa shape index (κ3) is 12.4. The summed E-state index contributed by atoms with van der Waals surface area (Å²) in [7, 11) is 5.75. The van der Waals surface area contributed by atoms with Gasteiger partial charge in [-0.2, -0.15) is 0 Å². The largest absolute Gasteiger partial charge is 0.309 e. The van der Waals surface area contributed by atoms with Crippen LogP contribution in [0, 0.1) is 0 Å². The standard InChI is InChI=1S/C8H20N2O2S2.ClH/c1-9(2)5-7-13-14(11,12)8-6-10(3)4;/h5-8H2,1-4H3;1H. The first-order chi connectivity index (χ1) is 6.33. The Morgan fingerprint density at radius 3 is 1.87 bits per heavy atom. The molecule has 0 radical (unpaired) electrons. The number of hydrogen-bond donors (Lipinski definition) is 0. The topological polar surface area (TPSA) is 40.6 Å². The number of nitrogens with zero attached hydrogens (tertiary/aromatic N) is 2. The summed E-state index contributed by atoms with van der Waals surface area (Å²) in [4.78, 5) is 3.86. The van der Waals surface area contributed by atoms with Gasteiger partial charge in [0.25, 0.3) is 0 Å². The molecule has 0 aromatic heterocycles. The summed E-state index contributed by atoms with van der Waals surface area (Å²) < 4.78 is 22.9. The van der Waals surface area contributed by atoms with Crippen molar-refractivity contribution in [3.05, 3.63) is 0 Å². The summed E-state index contributed by atoms with van der Waals surface area (Å²) in [6.45, 7) is 1.39. The van der Waals surface area contributed by atoms with Gasteiger partial charge in [-0.15, -0.1) is 12.4 Å². The quantitative estimate of drug-likeness (QED) is 0.637. The van der Waals surface area contributed by atoms with Crippen LogP contribution in [-0.4, -0.2) is 71.0 Å². The molecule has 0 spiro atoms. The van der Waals surface area contributed by atoms with E-state index >= 15 is 0 Å². The fourth-order valence-corrected chi connectivity index (χ4v) is 3.66. The zero-order valence-electron chi connectivity index (χ0n) is 9.76. The number of hydrogen-bond acceptors (Lipinski definition) is 5. The highest BCUT2D eigenvalue weighted by molar-refractivity contribution is 8.72. The maximum atomic E-state index is 11.4. The van der Waals surface area contributed by atoms with Crippen molar-refractivity contribution in [3.63, 3.8) is 0 Å². The Morgan fingerprint density at radius 1 is 1.00 bits per heavy atom. The number of rotatable bonds is 7. The lowest BCUT2D eigenvalue weighted by atomic mass is 10.7. The van der Waals surface area contributed by atoms with Gasteiger partial charge < -0.3 is 9.80 Å². The van der Waals surface area contributed by atoms with Gasteiger partial charge in [-0.3, -0.25) is 0 Å². The van der Waals surface area contributed by atoms with Crippen molar-refractivity contribution < 1.29 is 8.42 Å². The lowest BCUT2D eigenvalue weighted by Gasteiger charge is -2.11. The molecule has 0 bridgehead atoms. The minimum Gasteiger partial charge on any atom is -0.309 e. The zero-order valence-corrected chi connectivity index (χ0v) is 12.2. The molecule has 0 amide bonds. The van der Waals surface area contributed by atoms with Crippen molar-refractivity contribution in [2.45, 2.75) is 0 Å². The normalized spacial score (nSPS) is 11.9. The summed E-state index contributed by atoms with van der Waals surface area (Å²) in [5, 5.41) is 0. The summed E-state index contributed by atoms with van der Waals surface area (Å²) in [5.41, 5.74) is 0. The van der Waals surface area contributed by atoms with Crippen LogP contribution in [0.1, 0.15) is 0 Å². The van der Waals surface area contributed by atoms with Crippen LogP contribution < -0.4 is 0 Å². The predicted octanol–water partition coefficient (Wildman–Crippen LogP) is 0.594. The van der Waals surface area contributed by atoms with E-state index in [-0.39, 0.29) is 18.2 Å². The molecule has 0 atom stereocenters. The molecule has 4 nitrogen and oxygen atoms in total. The highest BCUT2D eigenvalue weighted by Gasteiger charge is 2.11. The van der Waals surface area contributed by atoms with E-state index in [9.17, 15) is 8.42 Å². The third-order valence-corrected chi connectivity index (χ3v) is 5.06. The molecule has 0 unspecified atom stereocenters. The Morgan fingerprint density at radius 2 is 1.47 bits per heavy atom. The van der Waals surface area contributed by atoms with Gasteiger partial charge in [-0.05, 0) is 39.0 Å². The van der Waals surface area contributed by atoms with Crippen LogP contribution in [0.2, 0.25) is 0 Å². The maximum absolute atomic E-state index is 11.4. The molecule has 15 heavy (non-hydrogen) atoms. The Kier molecular flexibility index (Phi) is 10.3. The predicted molar refractivity (Wildman–Crippen MR) is 70.6 cm³/mol. The van der Waals surface area contributed by atoms with Crippen molar-refractivity contribution in [3.8, 4) is 0 Å². The van der Waals surface area contributed by atoms with Crippen LogP contribution in [0.5, 0.6) is 0 Å². The van der Waals surface area contributed by atoms with E-state index in [0.29, 0.717) is 12.3 Å². The third-order valence-electron chi connectivity index (χ3n) is 1.59. The van der Waals surface area contributed by atoms with Crippen LogP contribution >= 0.6 is 23.2 Å². The van der Waals surface area contributed by atoms with E-state index in [2.05, 4.69) is 0 Å². The van der Waals surface area contributed by atoms with Gasteiger partial charge in [0, 0.05) is 18.8 Å². The Balaban J connectivity index is 0. The minimum atomic E-state index is -2.92. The van der Waals surface area contributed by atoms with E-state index in [0.717, 1.165) is 17.3 Å². The average molecular weight is 277 g/mol. The second-order valence-electron chi connectivity index (χ2n) is 3.69. The Bertz CT molecular complexity index is 243. The monoisotopic (exact) mass is 276 g/mol. The SMILES string of the molecule is CN(C)CCSS(=O)(=O)CCN(C)C.Cl. The van der Waals surface area contributed by atoms with Gasteiger partial charge in [-0.1, -0.05) is 0 Å². The van der Waals surface area contributed by atoms with Crippen LogP contribution in [0.25, 0.3) is 0 Å². The van der Waals surface area contributed by atoms with Crippen LogP contribution in [0.3, 0.4) is 0 Å². The van der Waals surface area contributed by atoms with Crippen molar-refractivity contribution in [1.29, 1.82) is 0 Å². The second kappa shape index (κ2) is 8.64. The molecule has 0 saturated heterocycles. The first kappa shape index (κ1) is 17.9. The molecule has 7 heteroatoms. The zero-order chi connectivity index (χ0) is 11.2. The summed E-state index contributed by atoms with van der Waals surface area (Å²) >= 11 is 0. The van der Waals surface area contributed by atoms with E-state index in [1.54, 1.807) is 0 Å². The van der Waals surface area contributed by atoms with E-state index < -0.39 is 8.87 Å². The molecule has 0 fully saturated rings.